The maximum atomic E-state index is 12.5. The van der Waals surface area contributed by atoms with Gasteiger partial charge >= 0.3 is 11.8 Å². The molecule has 1 N–H and O–H groups in total. The number of nitrogens with zero attached hydrogens (tertiary/aromatic N) is 3. The molecule has 0 aromatic carbocycles. The lowest BCUT2D eigenvalue weighted by Gasteiger charge is -2.24. The maximum Gasteiger partial charge on any atom is 0.311 e. The van der Waals surface area contributed by atoms with Crippen LogP contribution in [0.3, 0.4) is 0 Å². The van der Waals surface area contributed by atoms with Crippen LogP contribution in [0.15, 0.2) is 20.1 Å². The maximum absolute atomic E-state index is 12.5. The van der Waals surface area contributed by atoms with Crippen LogP contribution in [0.1, 0.15) is 57.1 Å². The molecule has 3 rings (SSSR count). The molecule has 2 aromatic heterocycles. The summed E-state index contributed by atoms with van der Waals surface area (Å²) in [5.74, 6) is -0.196. The lowest BCUT2D eigenvalue weighted by atomic mass is 10.0. The van der Waals surface area contributed by atoms with Gasteiger partial charge < -0.3 is 9.32 Å². The van der Waals surface area contributed by atoms with Crippen LogP contribution in [0, 0.1) is 0 Å². The number of likely N-dealkylation sites (tertiary alicyclic amines) is 1. The van der Waals surface area contributed by atoms with Gasteiger partial charge in [-0.15, -0.1) is 21.5 Å². The van der Waals surface area contributed by atoms with E-state index in [4.69, 9.17) is 4.42 Å². The zero-order valence-corrected chi connectivity index (χ0v) is 17.3. The highest BCUT2D eigenvalue weighted by molar-refractivity contribution is 7.91. The Bertz CT molecular complexity index is 911. The summed E-state index contributed by atoms with van der Waals surface area (Å²) < 4.78 is 33.4. The molecule has 0 aliphatic carbocycles. The molecular formula is C17H24N4O4S2. The van der Waals surface area contributed by atoms with Crippen molar-refractivity contribution >= 4 is 27.3 Å². The van der Waals surface area contributed by atoms with E-state index < -0.39 is 15.6 Å². The first kappa shape index (κ1) is 20.0. The number of aromatic nitrogens is 2. The fraction of sp³-hybridized carbons (Fsp3) is 0.588. The molecule has 0 spiro atoms. The van der Waals surface area contributed by atoms with Crippen LogP contribution in [0.25, 0.3) is 11.5 Å². The van der Waals surface area contributed by atoms with E-state index in [0.717, 1.165) is 30.6 Å². The minimum atomic E-state index is -3.64. The number of sulfonamides is 1. The molecule has 8 nitrogen and oxygen atoms in total. The Kier molecular flexibility index (Phi) is 5.68. The Balaban J connectivity index is 1.77. The monoisotopic (exact) mass is 412 g/mol. The second kappa shape index (κ2) is 7.69. The van der Waals surface area contributed by atoms with E-state index in [0.29, 0.717) is 25.1 Å². The van der Waals surface area contributed by atoms with Gasteiger partial charge in [0, 0.05) is 24.0 Å². The molecule has 0 saturated carbocycles. The Hall–Kier alpha value is -1.78. The first-order chi connectivity index (χ1) is 12.7. The average molecular weight is 413 g/mol. The number of amides is 1. The summed E-state index contributed by atoms with van der Waals surface area (Å²) in [6.45, 7) is 6.96. The molecule has 10 heteroatoms. The molecule has 148 valence electrons. The highest BCUT2D eigenvalue weighted by Gasteiger charge is 2.28. The summed E-state index contributed by atoms with van der Waals surface area (Å²) in [4.78, 5) is 14.1. The summed E-state index contributed by atoms with van der Waals surface area (Å²) in [6.07, 6.45) is 3.73. The third-order valence-corrected chi connectivity index (χ3v) is 7.77. The van der Waals surface area contributed by atoms with E-state index in [-0.39, 0.29) is 21.9 Å². The first-order valence-electron chi connectivity index (χ1n) is 8.97. The normalized spacial score (nSPS) is 15.9. The number of thiophene rings is 1. The largest absolute Gasteiger partial charge is 0.412 e. The molecule has 1 aliphatic heterocycles. The Morgan fingerprint density at radius 2 is 2.00 bits per heavy atom. The molecule has 1 amide bonds. The van der Waals surface area contributed by atoms with Crippen molar-refractivity contribution in [3.05, 3.63) is 17.3 Å². The van der Waals surface area contributed by atoms with Gasteiger partial charge in [0.1, 0.15) is 4.21 Å². The summed E-state index contributed by atoms with van der Waals surface area (Å²) in [6, 6.07) is 1.49. The number of nitrogens with one attached hydrogen (secondary N) is 1. The van der Waals surface area contributed by atoms with E-state index in [1.807, 2.05) is 20.8 Å². The first-order valence-corrected chi connectivity index (χ1v) is 11.3. The molecule has 3 heterocycles. The molecule has 1 aliphatic rings. The van der Waals surface area contributed by atoms with Gasteiger partial charge in [0.25, 0.3) is 10.0 Å². The van der Waals surface area contributed by atoms with Gasteiger partial charge in [0.2, 0.25) is 5.89 Å². The topological polar surface area (TPSA) is 105 Å². The fourth-order valence-electron chi connectivity index (χ4n) is 2.71. The van der Waals surface area contributed by atoms with Crippen molar-refractivity contribution in [1.29, 1.82) is 0 Å². The molecule has 27 heavy (non-hydrogen) atoms. The van der Waals surface area contributed by atoms with Crippen LogP contribution in [0.4, 0.5) is 0 Å². The molecule has 0 atom stereocenters. The standard InChI is InChI=1S/C17H24N4O4S2/c1-4-17(2,3)20-27(23,24)13-10-12(11-26-13)14-18-19-15(25-14)16(22)21-8-6-5-7-9-21/h10-11,20H,4-9H2,1-3H3. The minimum Gasteiger partial charge on any atom is -0.412 e. The molecule has 0 bridgehead atoms. The Morgan fingerprint density at radius 1 is 1.30 bits per heavy atom. The summed E-state index contributed by atoms with van der Waals surface area (Å²) in [5.41, 5.74) is -0.0542. The summed E-state index contributed by atoms with van der Waals surface area (Å²) in [5, 5.41) is 9.39. The van der Waals surface area contributed by atoms with Gasteiger partial charge in [-0.05, 0) is 45.6 Å². The minimum absolute atomic E-state index is 0.0623. The number of carbonyl (C=O) groups excluding carboxylic acids is 1. The van der Waals surface area contributed by atoms with Crippen LogP contribution >= 0.6 is 11.3 Å². The van der Waals surface area contributed by atoms with Crippen molar-refractivity contribution in [2.75, 3.05) is 13.1 Å². The van der Waals surface area contributed by atoms with Crippen molar-refractivity contribution < 1.29 is 17.6 Å². The molecule has 1 fully saturated rings. The Morgan fingerprint density at radius 3 is 2.67 bits per heavy atom. The smallest absolute Gasteiger partial charge is 0.311 e. The SMILES string of the molecule is CCC(C)(C)NS(=O)(=O)c1cc(-c2nnc(C(=O)N3CCCCC3)o2)cs1. The summed E-state index contributed by atoms with van der Waals surface area (Å²) >= 11 is 1.07. The zero-order valence-electron chi connectivity index (χ0n) is 15.7. The molecular weight excluding hydrogens is 388 g/mol. The van der Waals surface area contributed by atoms with E-state index in [1.165, 1.54) is 6.07 Å². The predicted octanol–water partition coefficient (Wildman–Crippen LogP) is 2.89. The zero-order chi connectivity index (χ0) is 19.7. The van der Waals surface area contributed by atoms with E-state index >= 15 is 0 Å². The van der Waals surface area contributed by atoms with Crippen molar-refractivity contribution in [2.24, 2.45) is 0 Å². The van der Waals surface area contributed by atoms with E-state index in [9.17, 15) is 13.2 Å². The predicted molar refractivity (Wildman–Crippen MR) is 102 cm³/mol. The van der Waals surface area contributed by atoms with Gasteiger partial charge in [-0.2, -0.15) is 0 Å². The lowest BCUT2D eigenvalue weighted by molar-refractivity contribution is 0.0684. The van der Waals surface area contributed by atoms with Crippen molar-refractivity contribution in [3.63, 3.8) is 0 Å². The molecule has 0 unspecified atom stereocenters. The van der Waals surface area contributed by atoms with Gasteiger partial charge in [-0.3, -0.25) is 4.79 Å². The number of hydrogen-bond acceptors (Lipinski definition) is 7. The van der Waals surface area contributed by atoms with Gasteiger partial charge in [0.15, 0.2) is 0 Å². The highest BCUT2D eigenvalue weighted by atomic mass is 32.2. The van der Waals surface area contributed by atoms with Gasteiger partial charge in [0.05, 0.1) is 5.56 Å². The second-order valence-corrected chi connectivity index (χ2v) is 10.1. The molecule has 0 radical (unpaired) electrons. The van der Waals surface area contributed by atoms with Crippen LogP contribution in [0.5, 0.6) is 0 Å². The van der Waals surface area contributed by atoms with Gasteiger partial charge in [-0.25, -0.2) is 13.1 Å². The molecule has 1 saturated heterocycles. The number of hydrogen-bond donors (Lipinski definition) is 1. The molecule has 2 aromatic rings. The third-order valence-electron chi connectivity index (χ3n) is 4.63. The van der Waals surface area contributed by atoms with Gasteiger partial charge in [-0.1, -0.05) is 6.92 Å². The van der Waals surface area contributed by atoms with Crippen molar-refractivity contribution in [3.8, 4) is 11.5 Å². The van der Waals surface area contributed by atoms with Crippen LogP contribution in [0.2, 0.25) is 0 Å². The highest BCUT2D eigenvalue weighted by Crippen LogP contribution is 2.29. The van der Waals surface area contributed by atoms with E-state index in [1.54, 1.807) is 10.3 Å². The third kappa shape index (κ3) is 4.56. The lowest BCUT2D eigenvalue weighted by Crippen LogP contribution is -2.42. The Labute approximate surface area is 163 Å². The van der Waals surface area contributed by atoms with Crippen molar-refractivity contribution in [1.82, 2.24) is 19.8 Å². The number of rotatable bonds is 6. The quantitative estimate of drug-likeness (QED) is 0.782. The second-order valence-electron chi connectivity index (χ2n) is 7.26. The number of carbonyl (C=O) groups is 1. The van der Waals surface area contributed by atoms with Crippen LogP contribution < -0.4 is 4.72 Å². The average Bonchev–Trinajstić information content (AvgIpc) is 3.30. The fourth-order valence-corrected chi connectivity index (χ4v) is 5.35. The van der Waals surface area contributed by atoms with Crippen LogP contribution in [-0.4, -0.2) is 48.1 Å². The number of piperidine rings is 1. The van der Waals surface area contributed by atoms with Crippen LogP contribution in [-0.2, 0) is 10.0 Å². The van der Waals surface area contributed by atoms with Crippen molar-refractivity contribution in [2.45, 2.75) is 56.2 Å². The summed E-state index contributed by atoms with van der Waals surface area (Å²) in [7, 11) is -3.64. The van der Waals surface area contributed by atoms with E-state index in [2.05, 4.69) is 14.9 Å².